The number of carboxylic acids is 1. The molecule has 0 spiro atoms. The number of pyridine rings is 1. The number of nitrogens with zero attached hydrogens (tertiary/aromatic N) is 2. The topological polar surface area (TPSA) is 119 Å². The van der Waals surface area contributed by atoms with Crippen molar-refractivity contribution in [3.8, 4) is 28.7 Å². The molecular weight excluding hydrogens is 813 g/mol. The number of ether oxygens (including phenoxy) is 4. The second kappa shape index (κ2) is 18.7. The molecule has 4 atom stereocenters. The van der Waals surface area contributed by atoms with E-state index in [2.05, 4.69) is 34.3 Å². The van der Waals surface area contributed by atoms with Gasteiger partial charge in [-0.05, 0) is 108 Å². The lowest BCUT2D eigenvalue weighted by Gasteiger charge is -2.42. The van der Waals surface area contributed by atoms with Gasteiger partial charge in [-0.1, -0.05) is 90.8 Å². The van der Waals surface area contributed by atoms with Crippen LogP contribution in [-0.2, 0) is 35.6 Å². The molecular formula is C49H45Cl2N3O7. The van der Waals surface area contributed by atoms with Crippen LogP contribution in [0.5, 0.6) is 28.7 Å². The molecule has 1 unspecified atom stereocenters. The van der Waals surface area contributed by atoms with E-state index in [9.17, 15) is 14.7 Å². The van der Waals surface area contributed by atoms with Crippen molar-refractivity contribution >= 4 is 35.1 Å². The smallest absolute Gasteiger partial charge is 0.326 e. The van der Waals surface area contributed by atoms with Crippen molar-refractivity contribution in [2.24, 2.45) is 0 Å². The van der Waals surface area contributed by atoms with Crippen LogP contribution in [0.15, 0.2) is 128 Å². The van der Waals surface area contributed by atoms with E-state index in [1.54, 1.807) is 36.5 Å². The van der Waals surface area contributed by atoms with Crippen molar-refractivity contribution in [3.05, 3.63) is 177 Å². The molecule has 5 aromatic carbocycles. The van der Waals surface area contributed by atoms with E-state index in [4.69, 9.17) is 42.1 Å². The molecule has 10 nitrogen and oxygen atoms in total. The Kier molecular flexibility index (Phi) is 12.8. The van der Waals surface area contributed by atoms with E-state index in [1.807, 2.05) is 85.8 Å². The molecule has 0 aliphatic carbocycles. The minimum atomic E-state index is -1.15. The number of fused-ring (bicyclic) bond motifs is 2. The van der Waals surface area contributed by atoms with E-state index >= 15 is 0 Å². The molecule has 1 aromatic heterocycles. The zero-order valence-corrected chi connectivity index (χ0v) is 35.2. The van der Waals surface area contributed by atoms with Crippen LogP contribution in [0.1, 0.15) is 64.6 Å². The first-order valence-corrected chi connectivity index (χ1v) is 21.0. The minimum Gasteiger partial charge on any atom is -0.489 e. The van der Waals surface area contributed by atoms with E-state index in [0.717, 1.165) is 45.5 Å². The number of halogens is 2. The number of aryl methyl sites for hydroxylation is 1. The first-order valence-electron chi connectivity index (χ1n) is 20.3. The number of benzene rings is 5. The highest BCUT2D eigenvalue weighted by atomic mass is 35.5. The van der Waals surface area contributed by atoms with Gasteiger partial charge in [-0.3, -0.25) is 14.7 Å². The summed E-state index contributed by atoms with van der Waals surface area (Å²) in [6.07, 6.45) is 2.53. The minimum absolute atomic E-state index is 0.100. The maximum atomic E-state index is 14.4. The van der Waals surface area contributed by atoms with E-state index < -0.39 is 18.1 Å². The lowest BCUT2D eigenvalue weighted by Crippen LogP contribution is -2.55. The van der Waals surface area contributed by atoms with Crippen LogP contribution in [-0.4, -0.2) is 45.6 Å². The second-order valence-electron chi connectivity index (χ2n) is 15.3. The van der Waals surface area contributed by atoms with Gasteiger partial charge in [0.05, 0.1) is 16.1 Å². The summed E-state index contributed by atoms with van der Waals surface area (Å²) in [4.78, 5) is 33.4. The van der Waals surface area contributed by atoms with Crippen molar-refractivity contribution in [3.63, 3.8) is 0 Å². The SMILES string of the molecule is CC[C@@H](c1ccccc1)N1Cc2cc3c(cc2C[C@H]1C(=O)NC(Cc1ccc(Oc2ccnc(C)c2)cc1)C(=O)O)OC[C@H](c1ccc(OCc2ccc(Cl)c(Cl)c2)cc1)O3. The summed E-state index contributed by atoms with van der Waals surface area (Å²) in [7, 11) is 0. The Hall–Kier alpha value is -6.07. The Morgan fingerprint density at radius 1 is 0.852 bits per heavy atom. The third-order valence-electron chi connectivity index (χ3n) is 11.1. The molecule has 2 N–H and O–H groups in total. The fourth-order valence-electron chi connectivity index (χ4n) is 7.93. The van der Waals surface area contributed by atoms with Gasteiger partial charge in [-0.25, -0.2) is 4.79 Å². The highest BCUT2D eigenvalue weighted by Gasteiger charge is 2.39. The van der Waals surface area contributed by atoms with Crippen LogP contribution >= 0.6 is 23.2 Å². The van der Waals surface area contributed by atoms with Gasteiger partial charge in [-0.2, -0.15) is 0 Å². The van der Waals surface area contributed by atoms with Gasteiger partial charge in [0.15, 0.2) is 17.6 Å². The summed E-state index contributed by atoms with van der Waals surface area (Å²) in [6.45, 7) is 5.08. The van der Waals surface area contributed by atoms with Crippen LogP contribution in [0.4, 0.5) is 0 Å². The van der Waals surface area contributed by atoms with E-state index in [1.165, 1.54) is 0 Å². The lowest BCUT2D eigenvalue weighted by atomic mass is 9.89. The summed E-state index contributed by atoms with van der Waals surface area (Å²) in [6, 6.07) is 36.2. The molecule has 2 aliphatic rings. The molecule has 0 saturated carbocycles. The number of carbonyl (C=O) groups excluding carboxylic acids is 1. The van der Waals surface area contributed by atoms with Gasteiger partial charge in [0.25, 0.3) is 0 Å². The summed E-state index contributed by atoms with van der Waals surface area (Å²) in [5, 5.41) is 14.2. The van der Waals surface area contributed by atoms with E-state index in [0.29, 0.717) is 65.0 Å². The number of carboxylic acid groups (broad SMARTS) is 1. The number of carbonyl (C=O) groups is 2. The predicted octanol–water partition coefficient (Wildman–Crippen LogP) is 10.3. The standard InChI is InChI=1S/C49H45Cl2N3O7/c1-3-43(33-7-5-4-6-8-33)54-27-36-26-46-45(59-29-47(61-46)34-12-16-37(17-13-34)58-28-32-11-18-40(50)41(51)22-32)25-35(36)24-44(54)48(55)53-42(49(56)57)23-31-9-14-38(15-10-31)60-39-19-20-52-30(2)21-39/h4-22,25-26,42-44,47H,3,23-24,27-29H2,1-2H3,(H,53,55)(H,56,57)/t42?,43-,44-,47+/m0/s1. The molecule has 0 bridgehead atoms. The normalized spacial score (nSPS) is 16.8. The van der Waals surface area contributed by atoms with Gasteiger partial charge in [0.2, 0.25) is 5.91 Å². The van der Waals surface area contributed by atoms with Crippen molar-refractivity contribution in [1.29, 1.82) is 0 Å². The summed E-state index contributed by atoms with van der Waals surface area (Å²) < 4.78 is 24.8. The van der Waals surface area contributed by atoms with Crippen LogP contribution < -0.4 is 24.3 Å². The number of rotatable bonds is 14. The largest absolute Gasteiger partial charge is 0.489 e. The van der Waals surface area contributed by atoms with Crippen LogP contribution in [0, 0.1) is 6.92 Å². The van der Waals surface area contributed by atoms with Gasteiger partial charge in [-0.15, -0.1) is 0 Å². The molecule has 61 heavy (non-hydrogen) atoms. The van der Waals surface area contributed by atoms with Crippen LogP contribution in [0.3, 0.4) is 0 Å². The fraction of sp³-hybridized carbons (Fsp3) is 0.245. The fourth-order valence-corrected chi connectivity index (χ4v) is 8.26. The first kappa shape index (κ1) is 41.7. The highest BCUT2D eigenvalue weighted by molar-refractivity contribution is 6.42. The van der Waals surface area contributed by atoms with Crippen LogP contribution in [0.25, 0.3) is 0 Å². The van der Waals surface area contributed by atoms with Crippen molar-refractivity contribution < 1.29 is 33.6 Å². The zero-order valence-electron chi connectivity index (χ0n) is 33.7. The predicted molar refractivity (Wildman–Crippen MR) is 234 cm³/mol. The lowest BCUT2D eigenvalue weighted by molar-refractivity contribution is -0.143. The summed E-state index contributed by atoms with van der Waals surface area (Å²) in [5.41, 5.74) is 6.49. The molecule has 0 saturated heterocycles. The quantitative estimate of drug-likeness (QED) is 0.110. The molecule has 2 aliphatic heterocycles. The number of nitrogens with one attached hydrogen (secondary N) is 1. The Morgan fingerprint density at radius 2 is 1.59 bits per heavy atom. The van der Waals surface area contributed by atoms with E-state index in [-0.39, 0.29) is 24.5 Å². The van der Waals surface area contributed by atoms with Crippen molar-refractivity contribution in [2.75, 3.05) is 6.61 Å². The first-order chi connectivity index (χ1) is 29.6. The molecule has 6 aromatic rings. The molecule has 8 rings (SSSR count). The number of aliphatic carboxylic acids is 1. The van der Waals surface area contributed by atoms with Gasteiger partial charge >= 0.3 is 5.97 Å². The molecule has 0 radical (unpaired) electrons. The van der Waals surface area contributed by atoms with Crippen molar-refractivity contribution in [2.45, 2.75) is 70.5 Å². The molecule has 3 heterocycles. The number of aromatic nitrogens is 1. The maximum Gasteiger partial charge on any atom is 0.326 e. The second-order valence-corrected chi connectivity index (χ2v) is 16.1. The zero-order chi connectivity index (χ0) is 42.5. The molecule has 12 heteroatoms. The average molecular weight is 859 g/mol. The summed E-state index contributed by atoms with van der Waals surface area (Å²) in [5.74, 6) is 1.75. The number of amides is 1. The van der Waals surface area contributed by atoms with Gasteiger partial charge < -0.3 is 29.4 Å². The molecule has 312 valence electrons. The number of hydrogen-bond acceptors (Lipinski definition) is 8. The van der Waals surface area contributed by atoms with Crippen LogP contribution in [0.2, 0.25) is 10.0 Å². The Morgan fingerprint density at radius 3 is 2.31 bits per heavy atom. The number of hydrogen-bond donors (Lipinski definition) is 2. The Labute approximate surface area is 365 Å². The van der Waals surface area contributed by atoms with Gasteiger partial charge in [0.1, 0.15) is 36.5 Å². The molecule has 1 amide bonds. The molecule has 0 fully saturated rings. The maximum absolute atomic E-state index is 14.4. The van der Waals surface area contributed by atoms with Gasteiger partial charge in [0, 0.05) is 37.0 Å². The summed E-state index contributed by atoms with van der Waals surface area (Å²) >= 11 is 12.2. The third-order valence-corrected chi connectivity index (χ3v) is 11.8. The monoisotopic (exact) mass is 857 g/mol. The van der Waals surface area contributed by atoms with Crippen molar-refractivity contribution in [1.82, 2.24) is 15.2 Å². The average Bonchev–Trinajstić information content (AvgIpc) is 3.27. The highest BCUT2D eigenvalue weighted by Crippen LogP contribution is 2.43. The third kappa shape index (κ3) is 9.94. The Bertz CT molecular complexity index is 2500. The Balaban J connectivity index is 0.978.